The van der Waals surface area contributed by atoms with Gasteiger partial charge in [0.05, 0.1) is 11.4 Å². The Morgan fingerprint density at radius 2 is 1.95 bits per heavy atom. The summed E-state index contributed by atoms with van der Waals surface area (Å²) in [5, 5.41) is 3.47. The van der Waals surface area contributed by atoms with E-state index < -0.39 is 0 Å². The molecule has 0 spiro atoms. The van der Waals surface area contributed by atoms with Crippen molar-refractivity contribution < 1.29 is 4.79 Å². The molecule has 2 fully saturated rings. The lowest BCUT2D eigenvalue weighted by Crippen LogP contribution is -2.52. The monoisotopic (exact) mass is 532 g/mol. The number of nitrogens with zero attached hydrogens (tertiary/aromatic N) is 5. The normalized spacial score (nSPS) is 23.6. The number of pyridine rings is 2. The van der Waals surface area contributed by atoms with E-state index in [1.807, 2.05) is 36.0 Å². The summed E-state index contributed by atoms with van der Waals surface area (Å²) < 4.78 is 3.52. The molecule has 8 nitrogen and oxygen atoms in total. The topological polar surface area (TPSA) is 85.0 Å². The minimum absolute atomic E-state index is 0.00843. The standard InChI is InChI=1S/C31H44N6O2/c1-30(2,3)20-37-24-13-12-23(33-27(24)35(6)29(37)39)21-14-15-31(4,5)25(18-21)34-28(38)22-10-9-17-36(19-22)26-11-7-8-16-32-26/h7-8,11-13,16,21-22,25H,9-10,14-15,17-20H2,1-6H3,(H,34,38). The number of amides is 1. The Morgan fingerprint density at radius 3 is 2.67 bits per heavy atom. The highest BCUT2D eigenvalue weighted by atomic mass is 16.2. The molecule has 1 N–H and O–H groups in total. The molecule has 8 heteroatoms. The summed E-state index contributed by atoms with van der Waals surface area (Å²) in [6, 6.07) is 10.2. The van der Waals surface area contributed by atoms with Crippen LogP contribution in [0.2, 0.25) is 0 Å². The molecule has 1 saturated carbocycles. The first-order valence-electron chi connectivity index (χ1n) is 14.5. The van der Waals surface area contributed by atoms with Crippen molar-refractivity contribution in [3.05, 3.63) is 52.7 Å². The van der Waals surface area contributed by atoms with Crippen LogP contribution in [0.4, 0.5) is 5.82 Å². The summed E-state index contributed by atoms with van der Waals surface area (Å²) in [7, 11) is 1.81. The van der Waals surface area contributed by atoms with Gasteiger partial charge in [-0.1, -0.05) is 40.7 Å². The van der Waals surface area contributed by atoms with Gasteiger partial charge in [0.15, 0.2) is 5.65 Å². The highest BCUT2D eigenvalue weighted by molar-refractivity contribution is 5.80. The molecule has 3 aromatic rings. The van der Waals surface area contributed by atoms with Gasteiger partial charge in [0, 0.05) is 50.5 Å². The zero-order valence-electron chi connectivity index (χ0n) is 24.4. The highest BCUT2D eigenvalue weighted by Crippen LogP contribution is 2.43. The number of carbonyl (C=O) groups is 1. The van der Waals surface area contributed by atoms with Crippen molar-refractivity contribution in [2.45, 2.75) is 85.2 Å². The number of anilines is 1. The minimum atomic E-state index is -0.0384. The summed E-state index contributed by atoms with van der Waals surface area (Å²) in [5.41, 5.74) is 2.62. The van der Waals surface area contributed by atoms with Crippen LogP contribution in [-0.4, -0.2) is 44.1 Å². The quantitative estimate of drug-likeness (QED) is 0.507. The SMILES string of the molecule is Cn1c(=O)n(CC(C)(C)C)c2ccc(C3CCC(C)(C)C(NC(=O)C4CCCN(c5ccccn5)C4)C3)nc21. The summed E-state index contributed by atoms with van der Waals surface area (Å²) in [6.07, 6.45) is 6.59. The maximum atomic E-state index is 13.5. The van der Waals surface area contributed by atoms with E-state index in [0.717, 1.165) is 61.3 Å². The molecule has 4 heterocycles. The molecule has 3 aromatic heterocycles. The van der Waals surface area contributed by atoms with Gasteiger partial charge in [-0.25, -0.2) is 14.8 Å². The van der Waals surface area contributed by atoms with Crippen molar-refractivity contribution in [3.8, 4) is 0 Å². The Balaban J connectivity index is 1.32. The average molecular weight is 533 g/mol. The van der Waals surface area contributed by atoms with E-state index in [1.165, 1.54) is 0 Å². The van der Waals surface area contributed by atoms with E-state index in [9.17, 15) is 9.59 Å². The minimum Gasteiger partial charge on any atom is -0.356 e. The second kappa shape index (κ2) is 10.4. The van der Waals surface area contributed by atoms with E-state index in [2.05, 4.69) is 62.0 Å². The maximum Gasteiger partial charge on any atom is 0.330 e. The number of imidazole rings is 1. The number of fused-ring (bicyclic) bond motifs is 1. The van der Waals surface area contributed by atoms with Gasteiger partial charge in [-0.15, -0.1) is 0 Å². The number of rotatable bonds is 5. The smallest absolute Gasteiger partial charge is 0.330 e. The third-order valence-corrected chi connectivity index (χ3v) is 8.74. The fraction of sp³-hybridized carbons (Fsp3) is 0.613. The molecular weight excluding hydrogens is 488 g/mol. The number of aromatic nitrogens is 4. The number of hydrogen-bond donors (Lipinski definition) is 1. The van der Waals surface area contributed by atoms with Gasteiger partial charge in [-0.3, -0.25) is 13.9 Å². The van der Waals surface area contributed by atoms with Crippen LogP contribution >= 0.6 is 0 Å². The maximum absolute atomic E-state index is 13.5. The Labute approximate surface area is 231 Å². The van der Waals surface area contributed by atoms with Crippen LogP contribution in [-0.2, 0) is 18.4 Å². The van der Waals surface area contributed by atoms with Crippen molar-refractivity contribution in [3.63, 3.8) is 0 Å². The van der Waals surface area contributed by atoms with Gasteiger partial charge >= 0.3 is 5.69 Å². The molecule has 210 valence electrons. The van der Waals surface area contributed by atoms with Gasteiger partial charge in [-0.05, 0) is 67.2 Å². The largest absolute Gasteiger partial charge is 0.356 e. The lowest BCUT2D eigenvalue weighted by molar-refractivity contribution is -0.127. The summed E-state index contributed by atoms with van der Waals surface area (Å²) in [5.74, 6) is 1.30. The Bertz CT molecular complexity index is 1380. The molecule has 1 aliphatic heterocycles. The number of hydrogen-bond acceptors (Lipinski definition) is 5. The van der Waals surface area contributed by atoms with Crippen LogP contribution in [0.15, 0.2) is 41.3 Å². The molecule has 1 aliphatic carbocycles. The van der Waals surface area contributed by atoms with Crippen molar-refractivity contribution in [1.82, 2.24) is 24.4 Å². The van der Waals surface area contributed by atoms with E-state index in [1.54, 1.807) is 4.57 Å². The van der Waals surface area contributed by atoms with E-state index in [-0.39, 0.29) is 40.3 Å². The molecule has 0 radical (unpaired) electrons. The second-order valence-corrected chi connectivity index (χ2v) is 13.6. The molecule has 0 aromatic carbocycles. The van der Waals surface area contributed by atoms with Crippen molar-refractivity contribution in [1.29, 1.82) is 0 Å². The van der Waals surface area contributed by atoms with Crippen LogP contribution < -0.4 is 15.9 Å². The Morgan fingerprint density at radius 1 is 1.15 bits per heavy atom. The predicted octanol–water partition coefficient (Wildman–Crippen LogP) is 4.87. The second-order valence-electron chi connectivity index (χ2n) is 13.6. The van der Waals surface area contributed by atoms with Crippen molar-refractivity contribution in [2.24, 2.45) is 23.8 Å². The van der Waals surface area contributed by atoms with Crippen LogP contribution in [0.25, 0.3) is 11.2 Å². The summed E-state index contributed by atoms with van der Waals surface area (Å²) in [4.78, 5) is 38.3. The average Bonchev–Trinajstić information content (AvgIpc) is 3.13. The predicted molar refractivity (Wildman–Crippen MR) is 156 cm³/mol. The van der Waals surface area contributed by atoms with Crippen LogP contribution in [0.3, 0.4) is 0 Å². The van der Waals surface area contributed by atoms with Gasteiger partial charge in [-0.2, -0.15) is 0 Å². The van der Waals surface area contributed by atoms with Gasteiger partial charge in [0.1, 0.15) is 5.82 Å². The van der Waals surface area contributed by atoms with Crippen molar-refractivity contribution in [2.75, 3.05) is 18.0 Å². The zero-order valence-corrected chi connectivity index (χ0v) is 24.4. The van der Waals surface area contributed by atoms with E-state index >= 15 is 0 Å². The third kappa shape index (κ3) is 5.75. The number of piperidine rings is 1. The molecule has 1 saturated heterocycles. The lowest BCUT2D eigenvalue weighted by Gasteiger charge is -2.43. The highest BCUT2D eigenvalue weighted by Gasteiger charge is 2.40. The first-order chi connectivity index (χ1) is 18.4. The van der Waals surface area contributed by atoms with Crippen molar-refractivity contribution >= 4 is 22.9 Å². The number of carbonyl (C=O) groups excluding carboxylic acids is 1. The Hall–Kier alpha value is -3.16. The first-order valence-corrected chi connectivity index (χ1v) is 14.5. The molecule has 1 amide bonds. The van der Waals surface area contributed by atoms with Crippen LogP contribution in [0, 0.1) is 16.7 Å². The molecule has 0 bridgehead atoms. The zero-order chi connectivity index (χ0) is 27.9. The van der Waals surface area contributed by atoms with Crippen LogP contribution in [0.5, 0.6) is 0 Å². The van der Waals surface area contributed by atoms with Gasteiger partial charge in [0.2, 0.25) is 5.91 Å². The van der Waals surface area contributed by atoms with Gasteiger partial charge in [0.25, 0.3) is 0 Å². The number of aryl methyl sites for hydroxylation is 1. The number of nitrogens with one attached hydrogen (secondary N) is 1. The lowest BCUT2D eigenvalue weighted by atomic mass is 9.68. The first kappa shape index (κ1) is 27.4. The van der Waals surface area contributed by atoms with Crippen LogP contribution in [0.1, 0.15) is 78.3 Å². The van der Waals surface area contributed by atoms with E-state index in [0.29, 0.717) is 13.1 Å². The summed E-state index contributed by atoms with van der Waals surface area (Å²) >= 11 is 0. The fourth-order valence-corrected chi connectivity index (χ4v) is 6.34. The Kier molecular flexibility index (Phi) is 7.33. The molecule has 3 unspecified atom stereocenters. The molecule has 5 rings (SSSR count). The molecule has 2 aliphatic rings. The molecule has 39 heavy (non-hydrogen) atoms. The molecule has 3 atom stereocenters. The van der Waals surface area contributed by atoms with Gasteiger partial charge < -0.3 is 10.2 Å². The fourth-order valence-electron chi connectivity index (χ4n) is 6.34. The third-order valence-electron chi connectivity index (χ3n) is 8.74. The molecular formula is C31H44N6O2. The van der Waals surface area contributed by atoms with E-state index in [4.69, 9.17) is 4.98 Å². The summed E-state index contributed by atoms with van der Waals surface area (Å²) in [6.45, 7) is 13.2.